The molecule has 2 aromatic heterocycles. The van der Waals surface area contributed by atoms with E-state index in [4.69, 9.17) is 0 Å². The molecule has 3 rings (SSSR count). The number of fused-ring (bicyclic) bond motifs is 1. The molecule has 0 spiro atoms. The van der Waals surface area contributed by atoms with Gasteiger partial charge in [-0.1, -0.05) is 12.6 Å². The number of benzene rings is 1. The summed E-state index contributed by atoms with van der Waals surface area (Å²) in [7, 11) is 1.86. The molecule has 3 N–H and O–H groups in total. The molecule has 30 heavy (non-hydrogen) atoms. The number of nitrogens with one attached hydrogen (secondary N) is 3. The zero-order valence-electron chi connectivity index (χ0n) is 18.4. The van der Waals surface area contributed by atoms with Gasteiger partial charge < -0.3 is 15.6 Å². The molecule has 0 fully saturated rings. The summed E-state index contributed by atoms with van der Waals surface area (Å²) in [6.45, 7) is 12.5. The SMILES string of the molecule is C=C(/C=C(/Cc1ccc2[nH]cc(C)c2c1)NC)C(=O)NCc1c(C)cc(C)nc1C. The van der Waals surface area contributed by atoms with E-state index < -0.39 is 0 Å². The molecule has 1 amide bonds. The highest BCUT2D eigenvalue weighted by molar-refractivity contribution is 5.95. The van der Waals surface area contributed by atoms with Crippen LogP contribution in [0.5, 0.6) is 0 Å². The Morgan fingerprint density at radius 2 is 1.93 bits per heavy atom. The van der Waals surface area contributed by atoms with Crippen LogP contribution in [0.15, 0.2) is 54.4 Å². The van der Waals surface area contributed by atoms with Crippen LogP contribution in [0.1, 0.15) is 33.6 Å². The van der Waals surface area contributed by atoms with Gasteiger partial charge in [-0.25, -0.2) is 0 Å². The maximum atomic E-state index is 12.6. The molecule has 0 saturated carbocycles. The molecule has 0 radical (unpaired) electrons. The molecular formula is C25H30N4O. The average molecular weight is 403 g/mol. The smallest absolute Gasteiger partial charge is 0.251 e. The zero-order valence-corrected chi connectivity index (χ0v) is 18.4. The molecule has 5 nitrogen and oxygen atoms in total. The third kappa shape index (κ3) is 4.79. The van der Waals surface area contributed by atoms with Crippen molar-refractivity contribution in [1.82, 2.24) is 20.6 Å². The fourth-order valence-corrected chi connectivity index (χ4v) is 3.72. The minimum Gasteiger partial charge on any atom is -0.391 e. The largest absolute Gasteiger partial charge is 0.391 e. The van der Waals surface area contributed by atoms with E-state index in [0.29, 0.717) is 18.5 Å². The highest BCUT2D eigenvalue weighted by Crippen LogP contribution is 2.20. The topological polar surface area (TPSA) is 69.8 Å². The van der Waals surface area contributed by atoms with Crippen LogP contribution in [-0.2, 0) is 17.8 Å². The Kier molecular flexibility index (Phi) is 6.40. The first-order chi connectivity index (χ1) is 14.3. The van der Waals surface area contributed by atoms with Gasteiger partial charge in [-0.3, -0.25) is 9.78 Å². The van der Waals surface area contributed by atoms with Gasteiger partial charge in [0.05, 0.1) is 0 Å². The zero-order chi connectivity index (χ0) is 21.8. The summed E-state index contributed by atoms with van der Waals surface area (Å²) in [4.78, 5) is 20.3. The maximum Gasteiger partial charge on any atom is 0.251 e. The maximum absolute atomic E-state index is 12.6. The van der Waals surface area contributed by atoms with Crippen molar-refractivity contribution >= 4 is 16.8 Å². The lowest BCUT2D eigenvalue weighted by molar-refractivity contribution is -0.117. The second-order valence-electron chi connectivity index (χ2n) is 7.80. The summed E-state index contributed by atoms with van der Waals surface area (Å²) in [6, 6.07) is 8.41. The van der Waals surface area contributed by atoms with Gasteiger partial charge in [0.25, 0.3) is 5.91 Å². The van der Waals surface area contributed by atoms with Gasteiger partial charge in [-0.15, -0.1) is 0 Å². The molecule has 0 unspecified atom stereocenters. The Labute approximate surface area is 178 Å². The number of aromatic nitrogens is 2. The summed E-state index contributed by atoms with van der Waals surface area (Å²) in [5, 5.41) is 7.38. The van der Waals surface area contributed by atoms with E-state index >= 15 is 0 Å². The minimum absolute atomic E-state index is 0.181. The third-order valence-corrected chi connectivity index (χ3v) is 5.42. The van der Waals surface area contributed by atoms with E-state index in [1.165, 1.54) is 16.5 Å². The predicted octanol–water partition coefficient (Wildman–Crippen LogP) is 4.31. The van der Waals surface area contributed by atoms with Crippen LogP contribution in [0, 0.1) is 27.7 Å². The quantitative estimate of drug-likeness (QED) is 0.407. The number of rotatable bonds is 7. The van der Waals surface area contributed by atoms with Gasteiger partial charge in [0.15, 0.2) is 0 Å². The Hall–Kier alpha value is -3.34. The number of nitrogens with zero attached hydrogens (tertiary/aromatic N) is 1. The standard InChI is InChI=1S/C25H30N4O/c1-15-9-18(4)29-19(5)23(15)14-28-25(30)16(2)10-21(26-6)11-20-7-8-24-22(12-20)17(3)13-27-24/h7-10,12-13,26-27H,2,11,14H2,1,3-6H3,(H,28,30)/b21-10-. The van der Waals surface area contributed by atoms with Gasteiger partial charge in [0.2, 0.25) is 0 Å². The normalized spacial score (nSPS) is 11.6. The summed E-state index contributed by atoms with van der Waals surface area (Å²) in [6.07, 6.45) is 4.53. The first-order valence-corrected chi connectivity index (χ1v) is 10.1. The molecule has 156 valence electrons. The van der Waals surface area contributed by atoms with Crippen LogP contribution in [0.4, 0.5) is 0 Å². The van der Waals surface area contributed by atoms with Crippen LogP contribution in [0.3, 0.4) is 0 Å². The number of carbonyl (C=O) groups is 1. The number of allylic oxidation sites excluding steroid dienone is 1. The predicted molar refractivity (Wildman–Crippen MR) is 123 cm³/mol. The monoisotopic (exact) mass is 402 g/mol. The van der Waals surface area contributed by atoms with Crippen LogP contribution < -0.4 is 10.6 Å². The van der Waals surface area contributed by atoms with Crippen molar-refractivity contribution in [1.29, 1.82) is 0 Å². The second-order valence-corrected chi connectivity index (χ2v) is 7.80. The summed E-state index contributed by atoms with van der Waals surface area (Å²) < 4.78 is 0. The van der Waals surface area contributed by atoms with Gasteiger partial charge in [-0.2, -0.15) is 0 Å². The average Bonchev–Trinajstić information content (AvgIpc) is 3.06. The summed E-state index contributed by atoms with van der Waals surface area (Å²) in [5.74, 6) is -0.181. The lowest BCUT2D eigenvalue weighted by atomic mass is 10.0. The Bertz CT molecular complexity index is 1110. The van der Waals surface area contributed by atoms with Crippen molar-refractivity contribution in [3.63, 3.8) is 0 Å². The summed E-state index contributed by atoms with van der Waals surface area (Å²) in [5.41, 5.74) is 9.01. The number of carbonyl (C=O) groups excluding carboxylic acids is 1. The Morgan fingerprint density at radius 1 is 1.17 bits per heavy atom. The molecule has 2 heterocycles. The first kappa shape index (κ1) is 21.4. The van der Waals surface area contributed by atoms with Crippen molar-refractivity contribution in [2.45, 2.75) is 40.7 Å². The van der Waals surface area contributed by atoms with Crippen LogP contribution >= 0.6 is 0 Å². The van der Waals surface area contributed by atoms with E-state index in [9.17, 15) is 4.79 Å². The Morgan fingerprint density at radius 3 is 2.63 bits per heavy atom. The van der Waals surface area contributed by atoms with Crippen LogP contribution in [0.2, 0.25) is 0 Å². The lowest BCUT2D eigenvalue weighted by Gasteiger charge is -2.13. The first-order valence-electron chi connectivity index (χ1n) is 10.1. The molecular weight excluding hydrogens is 372 g/mol. The van der Waals surface area contributed by atoms with Crippen molar-refractivity contribution in [3.8, 4) is 0 Å². The van der Waals surface area contributed by atoms with E-state index in [2.05, 4.69) is 52.3 Å². The van der Waals surface area contributed by atoms with Gasteiger partial charge >= 0.3 is 0 Å². The minimum atomic E-state index is -0.181. The molecule has 1 aromatic carbocycles. The number of H-pyrrole nitrogens is 1. The molecule has 0 aliphatic heterocycles. The molecule has 0 aliphatic rings. The number of likely N-dealkylation sites (N-methyl/N-ethyl adjacent to an activating group) is 1. The molecule has 0 saturated heterocycles. The van der Waals surface area contributed by atoms with Gasteiger partial charge in [0.1, 0.15) is 0 Å². The number of hydrogen-bond donors (Lipinski definition) is 3. The van der Waals surface area contributed by atoms with Crippen LogP contribution in [0.25, 0.3) is 10.9 Å². The second kappa shape index (κ2) is 8.99. The van der Waals surface area contributed by atoms with Crippen molar-refractivity contribution in [3.05, 3.63) is 88.0 Å². The lowest BCUT2D eigenvalue weighted by Crippen LogP contribution is -2.25. The van der Waals surface area contributed by atoms with Gasteiger partial charge in [0, 0.05) is 59.8 Å². The molecule has 5 heteroatoms. The van der Waals surface area contributed by atoms with Crippen molar-refractivity contribution in [2.75, 3.05) is 7.05 Å². The number of hydrogen-bond acceptors (Lipinski definition) is 3. The number of pyridine rings is 1. The van der Waals surface area contributed by atoms with Crippen LogP contribution in [-0.4, -0.2) is 22.9 Å². The van der Waals surface area contributed by atoms with E-state index in [-0.39, 0.29) is 5.91 Å². The highest BCUT2D eigenvalue weighted by atomic mass is 16.1. The van der Waals surface area contributed by atoms with E-state index in [0.717, 1.165) is 33.7 Å². The summed E-state index contributed by atoms with van der Waals surface area (Å²) >= 11 is 0. The molecule has 3 aromatic rings. The van der Waals surface area contributed by atoms with Crippen molar-refractivity contribution in [2.24, 2.45) is 0 Å². The number of amides is 1. The molecule has 0 aliphatic carbocycles. The van der Waals surface area contributed by atoms with E-state index in [1.54, 1.807) is 0 Å². The molecule has 0 atom stereocenters. The number of aromatic amines is 1. The van der Waals surface area contributed by atoms with E-state index in [1.807, 2.05) is 46.2 Å². The third-order valence-electron chi connectivity index (χ3n) is 5.42. The highest BCUT2D eigenvalue weighted by Gasteiger charge is 2.10. The van der Waals surface area contributed by atoms with Crippen molar-refractivity contribution < 1.29 is 4.79 Å². The Balaban J connectivity index is 1.68. The fourth-order valence-electron chi connectivity index (χ4n) is 3.72. The fraction of sp³-hybridized carbons (Fsp3) is 0.280. The molecule has 0 bridgehead atoms. The number of aryl methyl sites for hydroxylation is 4. The van der Waals surface area contributed by atoms with Gasteiger partial charge in [-0.05, 0) is 74.2 Å².